The topological polar surface area (TPSA) is 105 Å². The molecule has 4 rings (SSSR count). The number of sulfonamides is 1. The first kappa shape index (κ1) is 23.4. The van der Waals surface area contributed by atoms with Crippen LogP contribution in [0.15, 0.2) is 51.9 Å². The molecule has 3 aromatic rings. The molecule has 0 radical (unpaired) electrons. The largest absolute Gasteiger partial charge is 0.352 e. The van der Waals surface area contributed by atoms with Gasteiger partial charge in [-0.25, -0.2) is 8.42 Å². The Hall–Kier alpha value is -2.75. The highest BCUT2D eigenvalue weighted by atomic mass is 35.5. The van der Waals surface area contributed by atoms with Gasteiger partial charge in [-0.15, -0.1) is 0 Å². The molecular formula is C23H25ClN4O4S. The van der Waals surface area contributed by atoms with Gasteiger partial charge in [0.15, 0.2) is 0 Å². The average molecular weight is 489 g/mol. The minimum atomic E-state index is -3.92. The number of hydrogen-bond acceptors (Lipinski definition) is 6. The van der Waals surface area contributed by atoms with E-state index in [1.165, 1.54) is 16.4 Å². The Morgan fingerprint density at radius 2 is 2.03 bits per heavy atom. The van der Waals surface area contributed by atoms with Gasteiger partial charge in [-0.3, -0.25) is 4.79 Å². The zero-order chi connectivity index (χ0) is 23.6. The second-order valence-electron chi connectivity index (χ2n) is 8.13. The van der Waals surface area contributed by atoms with Crippen LogP contribution >= 0.6 is 11.6 Å². The molecule has 10 heteroatoms. The van der Waals surface area contributed by atoms with Gasteiger partial charge in [-0.05, 0) is 49.1 Å². The fraction of sp³-hybridized carbons (Fsp3) is 0.348. The number of hydrogen-bond donors (Lipinski definition) is 1. The molecular weight excluding hydrogens is 464 g/mol. The van der Waals surface area contributed by atoms with Crippen molar-refractivity contribution in [1.29, 1.82) is 0 Å². The van der Waals surface area contributed by atoms with Crippen LogP contribution in [0.1, 0.15) is 29.9 Å². The summed E-state index contributed by atoms with van der Waals surface area (Å²) in [6, 6.07) is 12.4. The molecule has 1 atom stereocenters. The number of aromatic nitrogens is 2. The quantitative estimate of drug-likeness (QED) is 0.566. The van der Waals surface area contributed by atoms with Gasteiger partial charge in [0.1, 0.15) is 4.90 Å². The first-order chi connectivity index (χ1) is 15.8. The molecule has 0 bridgehead atoms. The number of nitrogens with zero attached hydrogens (tertiary/aromatic N) is 3. The molecule has 1 N–H and O–H groups in total. The van der Waals surface area contributed by atoms with Crippen molar-refractivity contribution < 1.29 is 17.7 Å². The first-order valence-electron chi connectivity index (χ1n) is 10.7. The number of halogens is 1. The molecule has 1 amide bonds. The predicted octanol–water partition coefficient (Wildman–Crippen LogP) is 3.72. The molecule has 1 unspecified atom stereocenters. The van der Waals surface area contributed by atoms with Crippen molar-refractivity contribution in [1.82, 2.24) is 19.8 Å². The van der Waals surface area contributed by atoms with Crippen molar-refractivity contribution in [3.63, 3.8) is 0 Å². The Labute approximate surface area is 198 Å². The molecule has 1 aliphatic rings. The summed E-state index contributed by atoms with van der Waals surface area (Å²) in [7, 11) is -3.92. The maximum absolute atomic E-state index is 13.4. The van der Waals surface area contributed by atoms with Crippen molar-refractivity contribution in [2.75, 3.05) is 13.1 Å². The van der Waals surface area contributed by atoms with Gasteiger partial charge in [-0.2, -0.15) is 9.29 Å². The van der Waals surface area contributed by atoms with Gasteiger partial charge in [0, 0.05) is 32.1 Å². The highest BCUT2D eigenvalue weighted by molar-refractivity contribution is 7.89. The Bertz CT molecular complexity index is 1270. The second kappa shape index (κ2) is 9.62. The molecule has 174 valence electrons. The number of benzene rings is 2. The molecule has 1 fully saturated rings. The Morgan fingerprint density at radius 1 is 1.24 bits per heavy atom. The van der Waals surface area contributed by atoms with E-state index in [1.807, 2.05) is 31.2 Å². The van der Waals surface area contributed by atoms with Crippen molar-refractivity contribution >= 4 is 27.5 Å². The number of carbonyl (C=O) groups is 1. The van der Waals surface area contributed by atoms with Crippen LogP contribution in [0.25, 0.3) is 11.4 Å². The minimum absolute atomic E-state index is 0.0370. The first-order valence-corrected chi connectivity index (χ1v) is 12.5. The van der Waals surface area contributed by atoms with E-state index in [9.17, 15) is 13.2 Å². The van der Waals surface area contributed by atoms with Gasteiger partial charge in [0.05, 0.1) is 10.9 Å². The molecule has 1 aliphatic heterocycles. The zero-order valence-corrected chi connectivity index (χ0v) is 20.0. The molecule has 8 nitrogen and oxygen atoms in total. The maximum atomic E-state index is 13.4. The van der Waals surface area contributed by atoms with E-state index in [2.05, 4.69) is 15.5 Å². The van der Waals surface area contributed by atoms with Gasteiger partial charge in [0.25, 0.3) is 0 Å². The van der Waals surface area contributed by atoms with Crippen LogP contribution in [0.2, 0.25) is 5.02 Å². The maximum Gasteiger partial charge on any atom is 0.244 e. The summed E-state index contributed by atoms with van der Waals surface area (Å²) in [6.07, 6.45) is 1.21. The summed E-state index contributed by atoms with van der Waals surface area (Å²) in [6.45, 7) is 4.48. The summed E-state index contributed by atoms with van der Waals surface area (Å²) in [4.78, 5) is 16.9. The third-order valence-electron chi connectivity index (χ3n) is 5.80. The normalized spacial score (nSPS) is 17.1. The standard InChI is InChI=1S/C23H25ClN4O4S/c1-15-6-3-4-7-18(15)13-25-23(29)19-8-5-11-28(14-19)33(30,31)21-12-17(9-10-20(21)24)22-26-16(2)32-27-22/h3-4,6-7,9-10,12,19H,5,8,11,13-14H2,1-2H3,(H,25,29). The number of amides is 1. The highest BCUT2D eigenvalue weighted by Crippen LogP contribution is 2.31. The molecule has 0 aliphatic carbocycles. The molecule has 33 heavy (non-hydrogen) atoms. The van der Waals surface area contributed by atoms with Gasteiger partial charge in [0.2, 0.25) is 27.6 Å². The molecule has 1 aromatic heterocycles. The number of nitrogens with one attached hydrogen (secondary N) is 1. The molecule has 2 heterocycles. The van der Waals surface area contributed by atoms with E-state index < -0.39 is 15.9 Å². The summed E-state index contributed by atoms with van der Waals surface area (Å²) in [5.41, 5.74) is 2.61. The zero-order valence-electron chi connectivity index (χ0n) is 18.4. The van der Waals surface area contributed by atoms with Gasteiger partial charge in [-0.1, -0.05) is 41.0 Å². The summed E-state index contributed by atoms with van der Waals surface area (Å²) < 4.78 is 33.2. The Balaban J connectivity index is 1.50. The molecule has 1 saturated heterocycles. The monoisotopic (exact) mass is 488 g/mol. The van der Waals surface area contributed by atoms with Gasteiger partial charge < -0.3 is 9.84 Å². The number of aryl methyl sites for hydroxylation is 2. The van der Waals surface area contributed by atoms with E-state index >= 15 is 0 Å². The lowest BCUT2D eigenvalue weighted by atomic mass is 9.98. The van der Waals surface area contributed by atoms with Gasteiger partial charge >= 0.3 is 0 Å². The number of rotatable bonds is 6. The third-order valence-corrected chi connectivity index (χ3v) is 8.15. The summed E-state index contributed by atoms with van der Waals surface area (Å²) in [5.74, 6) is 0.0762. The van der Waals surface area contributed by atoms with Crippen LogP contribution in [-0.2, 0) is 21.4 Å². The second-order valence-corrected chi connectivity index (χ2v) is 10.4. The highest BCUT2D eigenvalue weighted by Gasteiger charge is 2.34. The van der Waals surface area contributed by atoms with E-state index in [4.69, 9.17) is 16.1 Å². The van der Waals surface area contributed by atoms with E-state index in [-0.39, 0.29) is 28.2 Å². The molecule has 2 aromatic carbocycles. The van der Waals surface area contributed by atoms with Crippen molar-refractivity contribution in [2.24, 2.45) is 5.92 Å². The van der Waals surface area contributed by atoms with Crippen LogP contribution in [0, 0.1) is 19.8 Å². The van der Waals surface area contributed by atoms with E-state index in [1.54, 1.807) is 13.0 Å². The predicted molar refractivity (Wildman–Crippen MR) is 124 cm³/mol. The number of carbonyl (C=O) groups excluding carboxylic acids is 1. The Kier molecular flexibility index (Phi) is 6.83. The van der Waals surface area contributed by atoms with E-state index in [0.29, 0.717) is 37.4 Å². The minimum Gasteiger partial charge on any atom is -0.352 e. The molecule has 0 spiro atoms. The van der Waals surface area contributed by atoms with Crippen LogP contribution in [-0.4, -0.2) is 41.9 Å². The van der Waals surface area contributed by atoms with Crippen LogP contribution < -0.4 is 5.32 Å². The third kappa shape index (κ3) is 5.10. The van der Waals surface area contributed by atoms with Crippen LogP contribution in [0.5, 0.6) is 0 Å². The lowest BCUT2D eigenvalue weighted by Crippen LogP contribution is -2.45. The molecule has 0 saturated carbocycles. The fourth-order valence-electron chi connectivity index (χ4n) is 3.91. The summed E-state index contributed by atoms with van der Waals surface area (Å²) in [5, 5.41) is 6.90. The van der Waals surface area contributed by atoms with E-state index in [0.717, 1.165) is 11.1 Å². The average Bonchev–Trinajstić information content (AvgIpc) is 3.25. The van der Waals surface area contributed by atoms with Crippen LogP contribution in [0.3, 0.4) is 0 Å². The van der Waals surface area contributed by atoms with Crippen molar-refractivity contribution in [3.05, 3.63) is 64.5 Å². The lowest BCUT2D eigenvalue weighted by Gasteiger charge is -2.31. The lowest BCUT2D eigenvalue weighted by molar-refractivity contribution is -0.126. The van der Waals surface area contributed by atoms with Crippen molar-refractivity contribution in [2.45, 2.75) is 38.1 Å². The summed E-state index contributed by atoms with van der Waals surface area (Å²) >= 11 is 6.27. The van der Waals surface area contributed by atoms with Crippen molar-refractivity contribution in [3.8, 4) is 11.4 Å². The number of piperidine rings is 1. The SMILES string of the molecule is Cc1nc(-c2ccc(Cl)c(S(=O)(=O)N3CCCC(C(=O)NCc4ccccc4C)C3)c2)no1. The Morgan fingerprint density at radius 3 is 2.76 bits per heavy atom. The fourth-order valence-corrected chi connectivity index (χ4v) is 5.93. The van der Waals surface area contributed by atoms with Crippen LogP contribution in [0.4, 0.5) is 0 Å². The smallest absolute Gasteiger partial charge is 0.244 e.